The number of amides is 2. The van der Waals surface area contributed by atoms with Crippen LogP contribution in [0.1, 0.15) is 26.5 Å². The molecule has 3 rings (SSSR count). The second-order valence-corrected chi connectivity index (χ2v) is 5.25. The fourth-order valence-corrected chi connectivity index (χ4v) is 2.24. The molecule has 0 saturated carbocycles. The number of fused-ring (bicyclic) bond motifs is 1. The minimum atomic E-state index is -4.45. The van der Waals surface area contributed by atoms with Crippen LogP contribution in [0.3, 0.4) is 0 Å². The molecule has 0 radical (unpaired) electrons. The smallest absolute Gasteiger partial charge is 0.354 e. The summed E-state index contributed by atoms with van der Waals surface area (Å²) < 4.78 is 39.1. The number of hydrogen-bond donors (Lipinski definition) is 2. The molecule has 7 nitrogen and oxygen atoms in total. The Hall–Kier alpha value is -3.43. The van der Waals surface area contributed by atoms with Crippen LogP contribution in [0.5, 0.6) is 0 Å². The maximum atomic E-state index is 12.6. The lowest BCUT2D eigenvalue weighted by molar-refractivity contribution is -0.137. The van der Waals surface area contributed by atoms with E-state index in [1.165, 1.54) is 30.0 Å². The number of carbonyl (C=O) groups excluding carboxylic acids is 2. The van der Waals surface area contributed by atoms with E-state index in [4.69, 9.17) is 0 Å². The molecule has 1 aromatic carbocycles. The summed E-state index contributed by atoms with van der Waals surface area (Å²) in [5, 5.41) is 4.91. The second kappa shape index (κ2) is 6.47. The van der Waals surface area contributed by atoms with E-state index in [1.54, 1.807) is 0 Å². The summed E-state index contributed by atoms with van der Waals surface area (Å²) in [5.74, 6) is -1.03. The Labute approximate surface area is 144 Å². The molecule has 0 aliphatic heterocycles. The third-order valence-electron chi connectivity index (χ3n) is 3.56. The molecule has 3 aromatic rings. The van der Waals surface area contributed by atoms with Crippen LogP contribution in [0.15, 0.2) is 42.9 Å². The van der Waals surface area contributed by atoms with Gasteiger partial charge in [-0.2, -0.15) is 13.2 Å². The number of rotatable bonds is 3. The highest BCUT2D eigenvalue weighted by atomic mass is 19.4. The van der Waals surface area contributed by atoms with Crippen LogP contribution in [-0.4, -0.2) is 33.2 Å². The Kier molecular flexibility index (Phi) is 4.33. The number of halogens is 3. The standard InChI is InChI=1S/C16H12F3N5O2/c1-20-14(25)11-8-24-12(6-22-13(24)7-21-11)15(26)23-10-4-2-9(3-5-10)16(17,18)19/h2-8H,1H3,(H,20,25)(H,23,26). The molecule has 134 valence electrons. The van der Waals surface area contributed by atoms with Crippen molar-refractivity contribution in [2.45, 2.75) is 6.18 Å². The lowest BCUT2D eigenvalue weighted by atomic mass is 10.2. The van der Waals surface area contributed by atoms with Gasteiger partial charge in [0.05, 0.1) is 18.0 Å². The summed E-state index contributed by atoms with van der Waals surface area (Å²) >= 11 is 0. The van der Waals surface area contributed by atoms with Crippen molar-refractivity contribution in [1.29, 1.82) is 0 Å². The zero-order valence-corrected chi connectivity index (χ0v) is 13.3. The Morgan fingerprint density at radius 1 is 1.04 bits per heavy atom. The molecule has 0 atom stereocenters. The van der Waals surface area contributed by atoms with E-state index in [2.05, 4.69) is 20.6 Å². The van der Waals surface area contributed by atoms with Crippen molar-refractivity contribution in [1.82, 2.24) is 19.7 Å². The van der Waals surface area contributed by atoms with Crippen LogP contribution in [-0.2, 0) is 6.18 Å². The number of imidazole rings is 1. The first kappa shape index (κ1) is 17.4. The van der Waals surface area contributed by atoms with Gasteiger partial charge in [0, 0.05) is 18.9 Å². The normalized spacial score (nSPS) is 11.4. The van der Waals surface area contributed by atoms with Crippen molar-refractivity contribution in [3.63, 3.8) is 0 Å². The molecular weight excluding hydrogens is 351 g/mol. The van der Waals surface area contributed by atoms with Crippen LogP contribution >= 0.6 is 0 Å². The van der Waals surface area contributed by atoms with Crippen molar-refractivity contribution in [3.8, 4) is 0 Å². The van der Waals surface area contributed by atoms with Gasteiger partial charge in [-0.1, -0.05) is 0 Å². The van der Waals surface area contributed by atoms with Gasteiger partial charge >= 0.3 is 6.18 Å². The number of nitrogens with zero attached hydrogens (tertiary/aromatic N) is 3. The zero-order chi connectivity index (χ0) is 18.9. The molecule has 0 aliphatic rings. The third-order valence-corrected chi connectivity index (χ3v) is 3.56. The highest BCUT2D eigenvalue weighted by molar-refractivity contribution is 6.03. The summed E-state index contributed by atoms with van der Waals surface area (Å²) in [6, 6.07) is 4.05. The number of anilines is 1. The molecule has 0 aliphatic carbocycles. The molecular formula is C16H12F3N5O2. The molecule has 2 amide bonds. The topological polar surface area (TPSA) is 88.4 Å². The predicted octanol–water partition coefficient (Wildman–Crippen LogP) is 2.36. The molecule has 0 fully saturated rings. The molecule has 2 N–H and O–H groups in total. The van der Waals surface area contributed by atoms with Gasteiger partial charge in [0.2, 0.25) is 0 Å². The van der Waals surface area contributed by atoms with E-state index in [0.29, 0.717) is 5.65 Å². The van der Waals surface area contributed by atoms with E-state index in [-0.39, 0.29) is 17.1 Å². The summed E-state index contributed by atoms with van der Waals surface area (Å²) in [5.41, 5.74) is -0.0885. The van der Waals surface area contributed by atoms with Gasteiger partial charge in [0.25, 0.3) is 11.8 Å². The van der Waals surface area contributed by atoms with Crippen LogP contribution < -0.4 is 10.6 Å². The Bertz CT molecular complexity index is 980. The van der Waals surface area contributed by atoms with Gasteiger partial charge < -0.3 is 10.6 Å². The van der Waals surface area contributed by atoms with Gasteiger partial charge in [0.1, 0.15) is 11.4 Å². The highest BCUT2D eigenvalue weighted by Crippen LogP contribution is 2.29. The highest BCUT2D eigenvalue weighted by Gasteiger charge is 2.30. The maximum Gasteiger partial charge on any atom is 0.416 e. The first-order valence-electron chi connectivity index (χ1n) is 7.33. The van der Waals surface area contributed by atoms with Gasteiger partial charge in [0.15, 0.2) is 5.65 Å². The Morgan fingerprint density at radius 2 is 1.73 bits per heavy atom. The SMILES string of the molecule is CNC(=O)c1cn2c(C(=O)Nc3ccc(C(F)(F)F)cc3)cnc2cn1. The Morgan fingerprint density at radius 3 is 2.35 bits per heavy atom. The zero-order valence-electron chi connectivity index (χ0n) is 13.3. The summed E-state index contributed by atoms with van der Waals surface area (Å²) in [6.45, 7) is 0. The second-order valence-electron chi connectivity index (χ2n) is 5.25. The fourth-order valence-electron chi connectivity index (χ4n) is 2.24. The molecule has 26 heavy (non-hydrogen) atoms. The number of aromatic nitrogens is 3. The molecule has 0 saturated heterocycles. The van der Waals surface area contributed by atoms with E-state index < -0.39 is 23.6 Å². The summed E-state index contributed by atoms with van der Waals surface area (Å²) in [7, 11) is 1.44. The minimum absolute atomic E-state index is 0.0848. The first-order valence-corrected chi connectivity index (χ1v) is 7.33. The van der Waals surface area contributed by atoms with Gasteiger partial charge in [-0.05, 0) is 24.3 Å². The Balaban J connectivity index is 1.87. The average Bonchev–Trinajstić information content (AvgIpc) is 3.04. The maximum absolute atomic E-state index is 12.6. The summed E-state index contributed by atoms with van der Waals surface area (Å²) in [4.78, 5) is 32.0. The van der Waals surface area contributed by atoms with Gasteiger partial charge in [-0.15, -0.1) is 0 Å². The quantitative estimate of drug-likeness (QED) is 0.748. The fraction of sp³-hybridized carbons (Fsp3) is 0.125. The number of hydrogen-bond acceptors (Lipinski definition) is 4. The van der Waals surface area contributed by atoms with Crippen molar-refractivity contribution in [3.05, 3.63) is 59.8 Å². The number of carbonyl (C=O) groups is 2. The monoisotopic (exact) mass is 363 g/mol. The van der Waals surface area contributed by atoms with E-state index in [0.717, 1.165) is 24.3 Å². The van der Waals surface area contributed by atoms with Crippen molar-refractivity contribution >= 4 is 23.1 Å². The molecule has 0 spiro atoms. The molecule has 10 heteroatoms. The number of benzene rings is 1. The van der Waals surface area contributed by atoms with Crippen molar-refractivity contribution in [2.24, 2.45) is 0 Å². The summed E-state index contributed by atoms with van der Waals surface area (Å²) in [6.07, 6.45) is -0.486. The van der Waals surface area contributed by atoms with Crippen LogP contribution in [0.2, 0.25) is 0 Å². The van der Waals surface area contributed by atoms with E-state index >= 15 is 0 Å². The molecule has 2 aromatic heterocycles. The number of alkyl halides is 3. The molecule has 0 bridgehead atoms. The lowest BCUT2D eigenvalue weighted by Gasteiger charge is -2.09. The third kappa shape index (κ3) is 3.34. The largest absolute Gasteiger partial charge is 0.416 e. The van der Waals surface area contributed by atoms with Crippen LogP contribution in [0.4, 0.5) is 18.9 Å². The molecule has 0 unspecified atom stereocenters. The van der Waals surface area contributed by atoms with Gasteiger partial charge in [-0.3, -0.25) is 14.0 Å². The molecule has 2 heterocycles. The lowest BCUT2D eigenvalue weighted by Crippen LogP contribution is -2.20. The van der Waals surface area contributed by atoms with Gasteiger partial charge in [-0.25, -0.2) is 9.97 Å². The van der Waals surface area contributed by atoms with Crippen molar-refractivity contribution < 1.29 is 22.8 Å². The van der Waals surface area contributed by atoms with E-state index in [1.807, 2.05) is 0 Å². The average molecular weight is 363 g/mol. The first-order chi connectivity index (χ1) is 12.3. The number of nitrogens with one attached hydrogen (secondary N) is 2. The van der Waals surface area contributed by atoms with Crippen LogP contribution in [0.25, 0.3) is 5.65 Å². The predicted molar refractivity (Wildman–Crippen MR) is 85.8 cm³/mol. The van der Waals surface area contributed by atoms with Crippen molar-refractivity contribution in [2.75, 3.05) is 12.4 Å². The van der Waals surface area contributed by atoms with Crippen LogP contribution in [0, 0.1) is 0 Å². The minimum Gasteiger partial charge on any atom is -0.354 e. The van der Waals surface area contributed by atoms with E-state index in [9.17, 15) is 22.8 Å².